The van der Waals surface area contributed by atoms with Crippen LogP contribution < -0.4 is 5.73 Å². The highest BCUT2D eigenvalue weighted by atomic mass is 16.3. The van der Waals surface area contributed by atoms with Gasteiger partial charge in [0, 0.05) is 12.6 Å². The van der Waals surface area contributed by atoms with E-state index in [0.29, 0.717) is 11.8 Å². The molecular formula is C15H20N2O2. The van der Waals surface area contributed by atoms with Gasteiger partial charge in [0.15, 0.2) is 0 Å². The molecule has 1 aliphatic carbocycles. The molecule has 19 heavy (non-hydrogen) atoms. The number of rotatable bonds is 2. The number of amides is 1. The molecule has 0 spiro atoms. The highest BCUT2D eigenvalue weighted by Gasteiger charge is 2.34. The van der Waals surface area contributed by atoms with Crippen LogP contribution in [0.1, 0.15) is 36.4 Å². The molecule has 1 aromatic rings. The molecule has 1 aromatic carbocycles. The maximum absolute atomic E-state index is 11.3. The van der Waals surface area contributed by atoms with Gasteiger partial charge in [0.2, 0.25) is 5.91 Å². The van der Waals surface area contributed by atoms with Crippen LogP contribution in [0.5, 0.6) is 5.75 Å². The lowest BCUT2D eigenvalue weighted by molar-refractivity contribution is -0.121. The summed E-state index contributed by atoms with van der Waals surface area (Å²) in [5.41, 5.74) is 7.72. The summed E-state index contributed by atoms with van der Waals surface area (Å²) in [6.45, 7) is 1.68. The number of nitrogens with two attached hydrogens (primary N) is 1. The molecule has 2 unspecified atom stereocenters. The van der Waals surface area contributed by atoms with Crippen molar-refractivity contribution in [1.29, 1.82) is 0 Å². The first-order valence-corrected chi connectivity index (χ1v) is 7.01. The largest absolute Gasteiger partial charge is 0.508 e. The molecule has 102 valence electrons. The lowest BCUT2D eigenvalue weighted by Crippen LogP contribution is -2.32. The number of hydrogen-bond acceptors (Lipinski definition) is 3. The monoisotopic (exact) mass is 260 g/mol. The van der Waals surface area contributed by atoms with Crippen LogP contribution in [0.15, 0.2) is 18.2 Å². The molecule has 0 radical (unpaired) electrons. The van der Waals surface area contributed by atoms with Crippen LogP contribution in [0.2, 0.25) is 0 Å². The molecule has 4 nitrogen and oxygen atoms in total. The third kappa shape index (κ3) is 2.21. The number of aromatic hydroxyl groups is 1. The van der Waals surface area contributed by atoms with Crippen molar-refractivity contribution in [3.05, 3.63) is 29.3 Å². The van der Waals surface area contributed by atoms with E-state index < -0.39 is 0 Å². The zero-order valence-electron chi connectivity index (χ0n) is 11.0. The molecule has 1 fully saturated rings. The molecule has 4 heteroatoms. The van der Waals surface area contributed by atoms with E-state index in [0.717, 1.165) is 44.3 Å². The normalized spacial score (nSPS) is 27.2. The second-order valence-corrected chi connectivity index (χ2v) is 5.64. The van der Waals surface area contributed by atoms with Crippen molar-refractivity contribution in [2.24, 2.45) is 11.7 Å². The van der Waals surface area contributed by atoms with Gasteiger partial charge < -0.3 is 10.8 Å². The van der Waals surface area contributed by atoms with E-state index in [1.54, 1.807) is 6.07 Å². The smallest absolute Gasteiger partial charge is 0.221 e. The summed E-state index contributed by atoms with van der Waals surface area (Å²) in [4.78, 5) is 13.6. The highest BCUT2D eigenvalue weighted by Crippen LogP contribution is 2.39. The van der Waals surface area contributed by atoms with Crippen LogP contribution >= 0.6 is 0 Å². The van der Waals surface area contributed by atoms with Gasteiger partial charge in [-0.2, -0.15) is 0 Å². The summed E-state index contributed by atoms with van der Waals surface area (Å²) >= 11 is 0. The molecule has 0 aromatic heterocycles. The van der Waals surface area contributed by atoms with Gasteiger partial charge in [0.25, 0.3) is 0 Å². The summed E-state index contributed by atoms with van der Waals surface area (Å²) in [6.07, 6.45) is 4.00. The molecule has 0 bridgehead atoms. The molecule has 1 aliphatic heterocycles. The van der Waals surface area contributed by atoms with E-state index in [1.807, 2.05) is 6.07 Å². The summed E-state index contributed by atoms with van der Waals surface area (Å²) in [5.74, 6) is 0.213. The van der Waals surface area contributed by atoms with Gasteiger partial charge in [-0.25, -0.2) is 0 Å². The Morgan fingerprint density at radius 2 is 2.21 bits per heavy atom. The van der Waals surface area contributed by atoms with Gasteiger partial charge in [0.1, 0.15) is 5.75 Å². The second-order valence-electron chi connectivity index (χ2n) is 5.64. The molecule has 1 heterocycles. The molecule has 2 atom stereocenters. The third-order valence-electron chi connectivity index (χ3n) is 4.51. The van der Waals surface area contributed by atoms with Crippen LogP contribution in [0, 0.1) is 5.92 Å². The highest BCUT2D eigenvalue weighted by molar-refractivity contribution is 5.77. The van der Waals surface area contributed by atoms with E-state index in [1.165, 1.54) is 5.56 Å². The SMILES string of the molecule is NC(=O)C1CCN(C2CCCc3c(O)cccc32)C1. The van der Waals surface area contributed by atoms with Crippen LogP contribution in [0.4, 0.5) is 0 Å². The number of phenols is 1. The fourth-order valence-corrected chi connectivity index (χ4v) is 3.49. The summed E-state index contributed by atoms with van der Waals surface area (Å²) in [7, 11) is 0. The zero-order valence-corrected chi connectivity index (χ0v) is 11.0. The number of hydrogen-bond donors (Lipinski definition) is 2. The number of likely N-dealkylation sites (tertiary alicyclic amines) is 1. The molecule has 1 saturated heterocycles. The first-order chi connectivity index (χ1) is 9.16. The predicted octanol–water partition coefficient (Wildman–Crippen LogP) is 1.58. The van der Waals surface area contributed by atoms with Gasteiger partial charge in [0.05, 0.1) is 5.92 Å². The molecule has 3 N–H and O–H groups in total. The van der Waals surface area contributed by atoms with Crippen LogP contribution in [-0.4, -0.2) is 29.0 Å². The van der Waals surface area contributed by atoms with Gasteiger partial charge in [-0.1, -0.05) is 12.1 Å². The number of carbonyl (C=O) groups is 1. The van der Waals surface area contributed by atoms with Crippen molar-refractivity contribution in [2.75, 3.05) is 13.1 Å². The first kappa shape index (κ1) is 12.5. The van der Waals surface area contributed by atoms with E-state index in [9.17, 15) is 9.90 Å². The van der Waals surface area contributed by atoms with E-state index in [-0.39, 0.29) is 11.8 Å². The number of fused-ring (bicyclic) bond motifs is 1. The summed E-state index contributed by atoms with van der Waals surface area (Å²) in [5, 5.41) is 9.96. The minimum absolute atomic E-state index is 0.0114. The quantitative estimate of drug-likeness (QED) is 0.848. The van der Waals surface area contributed by atoms with Gasteiger partial charge in [-0.3, -0.25) is 9.69 Å². The standard InChI is InChI=1S/C15H20N2O2/c16-15(19)10-7-8-17(9-10)13-5-1-4-12-11(13)3-2-6-14(12)18/h2-3,6,10,13,18H,1,4-5,7-9H2,(H2,16,19). The Kier molecular flexibility index (Phi) is 3.19. The lowest BCUT2D eigenvalue weighted by atomic mass is 9.86. The summed E-state index contributed by atoms with van der Waals surface area (Å²) in [6, 6.07) is 6.11. The number of phenolic OH excluding ortho intramolecular Hbond substituents is 1. The van der Waals surface area contributed by atoms with E-state index in [2.05, 4.69) is 11.0 Å². The Labute approximate surface area is 113 Å². The summed E-state index contributed by atoms with van der Waals surface area (Å²) < 4.78 is 0. The van der Waals surface area contributed by atoms with Gasteiger partial charge in [-0.15, -0.1) is 0 Å². The van der Waals surface area contributed by atoms with Crippen molar-refractivity contribution in [2.45, 2.75) is 31.7 Å². The maximum Gasteiger partial charge on any atom is 0.221 e. The van der Waals surface area contributed by atoms with Gasteiger partial charge >= 0.3 is 0 Å². The topological polar surface area (TPSA) is 66.6 Å². The Morgan fingerprint density at radius 1 is 1.37 bits per heavy atom. The number of benzene rings is 1. The second kappa shape index (κ2) is 4.85. The number of carbonyl (C=O) groups excluding carboxylic acids is 1. The third-order valence-corrected chi connectivity index (χ3v) is 4.51. The average Bonchev–Trinajstić information content (AvgIpc) is 2.88. The van der Waals surface area contributed by atoms with E-state index in [4.69, 9.17) is 5.73 Å². The molecule has 1 amide bonds. The van der Waals surface area contributed by atoms with Crippen LogP contribution in [0.3, 0.4) is 0 Å². The fraction of sp³-hybridized carbons (Fsp3) is 0.533. The zero-order chi connectivity index (χ0) is 13.4. The molecule has 2 aliphatic rings. The molecule has 3 rings (SSSR count). The number of primary amides is 1. The minimum Gasteiger partial charge on any atom is -0.508 e. The van der Waals surface area contributed by atoms with Crippen LogP contribution in [0.25, 0.3) is 0 Å². The Balaban J connectivity index is 1.85. The lowest BCUT2D eigenvalue weighted by Gasteiger charge is -2.33. The fourth-order valence-electron chi connectivity index (χ4n) is 3.49. The Hall–Kier alpha value is -1.55. The van der Waals surface area contributed by atoms with Crippen molar-refractivity contribution in [3.63, 3.8) is 0 Å². The van der Waals surface area contributed by atoms with Crippen molar-refractivity contribution in [1.82, 2.24) is 4.90 Å². The number of nitrogens with zero attached hydrogens (tertiary/aromatic N) is 1. The predicted molar refractivity (Wildman–Crippen MR) is 72.7 cm³/mol. The minimum atomic E-state index is -0.186. The molecule has 0 saturated carbocycles. The average molecular weight is 260 g/mol. The molecular weight excluding hydrogens is 240 g/mol. The van der Waals surface area contributed by atoms with Crippen molar-refractivity contribution < 1.29 is 9.90 Å². The Bertz CT molecular complexity index is 501. The van der Waals surface area contributed by atoms with E-state index >= 15 is 0 Å². The van der Waals surface area contributed by atoms with Crippen LogP contribution in [-0.2, 0) is 11.2 Å². The first-order valence-electron chi connectivity index (χ1n) is 7.01. The van der Waals surface area contributed by atoms with Crippen molar-refractivity contribution >= 4 is 5.91 Å². The Morgan fingerprint density at radius 3 is 2.95 bits per heavy atom. The van der Waals surface area contributed by atoms with Gasteiger partial charge in [-0.05, 0) is 49.4 Å². The van der Waals surface area contributed by atoms with Crippen molar-refractivity contribution in [3.8, 4) is 5.75 Å². The maximum atomic E-state index is 11.3.